The summed E-state index contributed by atoms with van der Waals surface area (Å²) in [5.41, 5.74) is 0.270. The Labute approximate surface area is 262 Å². The third-order valence-corrected chi connectivity index (χ3v) is 9.63. The van der Waals surface area contributed by atoms with E-state index in [1.54, 1.807) is 12.1 Å². The lowest BCUT2D eigenvalue weighted by Crippen LogP contribution is -2.15. The molecule has 0 aliphatic heterocycles. The van der Waals surface area contributed by atoms with Crippen LogP contribution in [0.25, 0.3) is 28.0 Å². The van der Waals surface area contributed by atoms with Gasteiger partial charge in [0.05, 0.1) is 38.9 Å². The van der Waals surface area contributed by atoms with Crippen LogP contribution in [0.4, 0.5) is 26.0 Å². The van der Waals surface area contributed by atoms with Gasteiger partial charge in [0.2, 0.25) is 0 Å². The zero-order valence-electron chi connectivity index (χ0n) is 22.5. The molecule has 3 heterocycles. The first-order valence-electron chi connectivity index (χ1n) is 13.1. The van der Waals surface area contributed by atoms with Crippen LogP contribution >= 0.6 is 23.2 Å². The number of benzene rings is 3. The van der Waals surface area contributed by atoms with Crippen LogP contribution in [0.15, 0.2) is 66.0 Å². The molecule has 0 unspecified atom stereocenters. The van der Waals surface area contributed by atoms with Crippen molar-refractivity contribution >= 4 is 72.5 Å². The van der Waals surface area contributed by atoms with Gasteiger partial charge in [0.1, 0.15) is 39.3 Å². The van der Waals surface area contributed by atoms with Gasteiger partial charge in [0.15, 0.2) is 11.6 Å². The second-order valence-electron chi connectivity index (χ2n) is 10.1. The van der Waals surface area contributed by atoms with Gasteiger partial charge >= 0.3 is 0 Å². The summed E-state index contributed by atoms with van der Waals surface area (Å²) < 4.78 is 60.1. The molecule has 1 aliphatic carbocycles. The topological polar surface area (TPSA) is 164 Å². The number of hydrogen-bond donors (Lipinski definition) is 2. The summed E-state index contributed by atoms with van der Waals surface area (Å²) in [7, 11) is -4.42. The monoisotopic (exact) mass is 664 g/mol. The highest BCUT2D eigenvalue weighted by Crippen LogP contribution is 2.49. The predicted molar refractivity (Wildman–Crippen MR) is 161 cm³/mol. The average Bonchev–Trinajstić information content (AvgIpc) is 3.72. The third-order valence-electron chi connectivity index (χ3n) is 7.30. The molecule has 7 rings (SSSR count). The lowest BCUT2D eigenvalue weighted by atomic mass is 9.96. The van der Waals surface area contributed by atoms with Gasteiger partial charge < -0.3 is 5.32 Å². The first kappa shape index (κ1) is 28.7. The molecular formula is C28H16Cl2F2N10O2S. The van der Waals surface area contributed by atoms with Gasteiger partial charge in [-0.15, -0.1) is 5.10 Å². The van der Waals surface area contributed by atoms with E-state index in [1.165, 1.54) is 29.1 Å². The Morgan fingerprint density at radius 2 is 1.80 bits per heavy atom. The molecule has 1 saturated carbocycles. The van der Waals surface area contributed by atoms with Gasteiger partial charge in [-0.2, -0.15) is 9.94 Å². The number of nitrogens with one attached hydrogen (secondary N) is 2. The van der Waals surface area contributed by atoms with Crippen molar-refractivity contribution in [3.63, 3.8) is 0 Å². The number of nitriles is 1. The van der Waals surface area contributed by atoms with Gasteiger partial charge in [0.25, 0.3) is 16.0 Å². The molecule has 3 aromatic carbocycles. The maximum absolute atomic E-state index is 15.7. The van der Waals surface area contributed by atoms with Crippen molar-refractivity contribution in [1.29, 1.82) is 5.26 Å². The molecule has 45 heavy (non-hydrogen) atoms. The smallest absolute Gasteiger partial charge is 0.263 e. The molecule has 0 bridgehead atoms. The highest BCUT2D eigenvalue weighted by atomic mass is 35.5. The number of fused-ring (bicyclic) bond motifs is 2. The lowest BCUT2D eigenvalue weighted by Gasteiger charge is -2.15. The third kappa shape index (κ3) is 4.83. The summed E-state index contributed by atoms with van der Waals surface area (Å²) in [5, 5.41) is 20.5. The molecule has 2 N–H and O–H groups in total. The largest absolute Gasteiger partial charge is 0.333 e. The zero-order chi connectivity index (χ0) is 31.5. The molecule has 0 amide bonds. The second kappa shape index (κ2) is 10.5. The summed E-state index contributed by atoms with van der Waals surface area (Å²) in [5.74, 6) is -2.36. The summed E-state index contributed by atoms with van der Waals surface area (Å²) in [6.45, 7) is 0. The molecule has 224 valence electrons. The minimum Gasteiger partial charge on any atom is -0.333 e. The molecule has 0 saturated heterocycles. The number of anilines is 3. The van der Waals surface area contributed by atoms with Crippen molar-refractivity contribution in [3.05, 3.63) is 88.3 Å². The van der Waals surface area contributed by atoms with Crippen LogP contribution in [0.5, 0.6) is 0 Å². The number of hydrogen-bond acceptors (Lipinski definition) is 10. The quantitative estimate of drug-likeness (QED) is 0.212. The molecule has 0 radical (unpaired) electrons. The van der Waals surface area contributed by atoms with E-state index in [2.05, 4.69) is 46.4 Å². The van der Waals surface area contributed by atoms with Crippen LogP contribution < -0.4 is 10.0 Å². The number of rotatable bonds is 7. The van der Waals surface area contributed by atoms with E-state index >= 15 is 4.39 Å². The molecule has 3 aromatic heterocycles. The minimum atomic E-state index is -4.42. The standard InChI is InChI=1S/C28H16Cl2F2N10O2S/c29-15-4-2-6-20(21(15)30)45(43,44)40-17-8-7-16(31)24(22(17)32)37-26-25-18(35-13-36-26)11-34-27(38-25)42-19-5-1-3-14(23(19)39-41-42)28(12-33)9-10-28/h1-8,11,13,40H,9-10H2,(H,35,36,37). The van der Waals surface area contributed by atoms with Crippen LogP contribution in [-0.2, 0) is 15.4 Å². The zero-order valence-corrected chi connectivity index (χ0v) is 24.8. The Balaban J connectivity index is 1.27. The number of aromatic nitrogens is 7. The molecule has 0 atom stereocenters. The first-order chi connectivity index (χ1) is 21.6. The van der Waals surface area contributed by atoms with Gasteiger partial charge in [-0.3, -0.25) is 4.72 Å². The molecular weight excluding hydrogens is 649 g/mol. The van der Waals surface area contributed by atoms with Gasteiger partial charge in [-0.25, -0.2) is 37.1 Å². The van der Waals surface area contributed by atoms with Gasteiger partial charge in [0, 0.05) is 5.56 Å². The Bertz CT molecular complexity index is 2340. The highest BCUT2D eigenvalue weighted by Gasteiger charge is 2.46. The van der Waals surface area contributed by atoms with E-state index in [-0.39, 0.29) is 32.8 Å². The summed E-state index contributed by atoms with van der Waals surface area (Å²) in [4.78, 5) is 16.7. The van der Waals surface area contributed by atoms with Gasteiger partial charge in [-0.05, 0) is 43.2 Å². The SMILES string of the molecule is N#CC1(c2cccc3c2nnn3-c2ncc3ncnc(Nc4c(F)ccc(NS(=O)(=O)c5cccc(Cl)c5Cl)c4F)c3n2)CC1. The van der Waals surface area contributed by atoms with Crippen molar-refractivity contribution in [1.82, 2.24) is 34.9 Å². The van der Waals surface area contributed by atoms with E-state index in [4.69, 9.17) is 23.2 Å². The van der Waals surface area contributed by atoms with Crippen molar-refractivity contribution < 1.29 is 17.2 Å². The van der Waals surface area contributed by atoms with E-state index in [9.17, 15) is 18.1 Å². The van der Waals surface area contributed by atoms with Crippen molar-refractivity contribution in [2.75, 3.05) is 10.0 Å². The van der Waals surface area contributed by atoms with Crippen molar-refractivity contribution in [2.24, 2.45) is 0 Å². The Morgan fingerprint density at radius 3 is 2.58 bits per heavy atom. The molecule has 1 aliphatic rings. The number of nitrogens with zero attached hydrogens (tertiary/aromatic N) is 8. The fourth-order valence-electron chi connectivity index (χ4n) is 4.84. The van der Waals surface area contributed by atoms with Crippen LogP contribution in [0.3, 0.4) is 0 Å². The number of halogens is 4. The fourth-order valence-corrected chi connectivity index (χ4v) is 6.66. The van der Waals surface area contributed by atoms with Crippen molar-refractivity contribution in [3.8, 4) is 12.0 Å². The predicted octanol–water partition coefficient (Wildman–Crippen LogP) is 5.84. The maximum atomic E-state index is 15.7. The Morgan fingerprint density at radius 1 is 1.00 bits per heavy atom. The van der Waals surface area contributed by atoms with E-state index < -0.39 is 43.3 Å². The van der Waals surface area contributed by atoms with Crippen LogP contribution in [0, 0.1) is 23.0 Å². The maximum Gasteiger partial charge on any atom is 0.263 e. The molecule has 6 aromatic rings. The molecule has 12 nitrogen and oxygen atoms in total. The van der Waals surface area contributed by atoms with Gasteiger partial charge in [-0.1, -0.05) is 46.6 Å². The fraction of sp³-hybridized carbons (Fsp3) is 0.107. The second-order valence-corrected chi connectivity index (χ2v) is 12.5. The normalized spacial score (nSPS) is 13.9. The number of sulfonamides is 1. The van der Waals surface area contributed by atoms with E-state index in [0.29, 0.717) is 11.0 Å². The molecule has 1 fully saturated rings. The first-order valence-corrected chi connectivity index (χ1v) is 15.3. The van der Waals surface area contributed by atoms with E-state index in [0.717, 1.165) is 36.9 Å². The molecule has 0 spiro atoms. The van der Waals surface area contributed by atoms with Crippen LogP contribution in [0.2, 0.25) is 10.0 Å². The van der Waals surface area contributed by atoms with Crippen molar-refractivity contribution in [2.45, 2.75) is 23.2 Å². The molecule has 17 heteroatoms. The van der Waals surface area contributed by atoms with E-state index in [1.807, 2.05) is 6.07 Å². The summed E-state index contributed by atoms with van der Waals surface area (Å²) >= 11 is 12.0. The summed E-state index contributed by atoms with van der Waals surface area (Å²) in [6.07, 6.45) is 3.97. The minimum absolute atomic E-state index is 0.0215. The summed E-state index contributed by atoms with van der Waals surface area (Å²) in [6, 6.07) is 13.5. The lowest BCUT2D eigenvalue weighted by molar-refractivity contribution is 0.588. The highest BCUT2D eigenvalue weighted by molar-refractivity contribution is 7.92. The van der Waals surface area contributed by atoms with Crippen LogP contribution in [0.1, 0.15) is 18.4 Å². The Kier molecular flexibility index (Phi) is 6.73. The average molecular weight is 665 g/mol. The Hall–Kier alpha value is -5.04. The van der Waals surface area contributed by atoms with Crippen LogP contribution in [-0.4, -0.2) is 43.3 Å².